The molecule has 1 atom stereocenters. The molecule has 0 N–H and O–H groups in total. The van der Waals surface area contributed by atoms with E-state index in [4.69, 9.17) is 4.74 Å². The average Bonchev–Trinajstić information content (AvgIpc) is 1.65. The van der Waals surface area contributed by atoms with E-state index in [1.165, 1.54) is 0 Å². The van der Waals surface area contributed by atoms with Crippen molar-refractivity contribution in [1.82, 2.24) is 0 Å². The number of hydrogen-bond donors (Lipinski definition) is 0. The van der Waals surface area contributed by atoms with Crippen molar-refractivity contribution in [3.8, 4) is 0 Å². The van der Waals surface area contributed by atoms with E-state index in [0.29, 0.717) is 12.0 Å². The van der Waals surface area contributed by atoms with Gasteiger partial charge in [0.05, 0.1) is 6.10 Å². The molecule has 0 aromatic carbocycles. The topological polar surface area (TPSA) is 9.23 Å². The van der Waals surface area contributed by atoms with E-state index < -0.39 is 0 Å². The second-order valence-corrected chi connectivity index (χ2v) is 2.18. The third kappa shape index (κ3) is 7.96. The van der Waals surface area contributed by atoms with Gasteiger partial charge in [-0.1, -0.05) is 28.7 Å². The summed E-state index contributed by atoms with van der Waals surface area (Å²) in [6.07, 6.45) is 0.403. The molecule has 1 nitrogen and oxygen atoms in total. The van der Waals surface area contributed by atoms with Crippen molar-refractivity contribution in [3.05, 3.63) is 0 Å². The maximum Gasteiger partial charge on any atom is 0.0566 e. The molecule has 0 amide bonds. The Morgan fingerprint density at radius 1 is 1.00 bits per heavy atom. The summed E-state index contributed by atoms with van der Waals surface area (Å²) >= 11 is 0. The van der Waals surface area contributed by atoms with Gasteiger partial charge in [0.25, 0.3) is 0 Å². The van der Waals surface area contributed by atoms with Crippen molar-refractivity contribution in [2.75, 3.05) is 7.11 Å². The molecule has 0 spiro atoms. The molecule has 0 aliphatic heterocycles. The maximum atomic E-state index is 5.01. The maximum absolute atomic E-state index is 5.01. The highest BCUT2D eigenvalue weighted by atomic mass is 16.5. The molecule has 0 bridgehead atoms. The summed E-state index contributed by atoms with van der Waals surface area (Å²) in [5.41, 5.74) is 0. The lowest BCUT2D eigenvalue weighted by atomic mass is 10.1. The molecule has 0 aromatic rings. The fraction of sp³-hybridized carbons (Fsp3) is 1.00. The van der Waals surface area contributed by atoms with Crippen molar-refractivity contribution in [3.63, 3.8) is 0 Å². The number of ether oxygens (including phenoxy) is 1. The summed E-state index contributed by atoms with van der Waals surface area (Å²) in [6.45, 7) is 6.37. The molecule has 0 fully saturated rings. The molecule has 0 radical (unpaired) electrons. The van der Waals surface area contributed by atoms with E-state index in [1.807, 2.05) is 0 Å². The van der Waals surface area contributed by atoms with Crippen LogP contribution in [0.3, 0.4) is 0 Å². The van der Waals surface area contributed by atoms with Gasteiger partial charge in [0.2, 0.25) is 0 Å². The van der Waals surface area contributed by atoms with Gasteiger partial charge in [-0.3, -0.25) is 0 Å². The summed E-state index contributed by atoms with van der Waals surface area (Å²) in [6, 6.07) is 0. The molecule has 0 heterocycles. The zero-order chi connectivity index (χ0) is 5.86. The van der Waals surface area contributed by atoms with Crippen LogP contribution in [0.25, 0.3) is 0 Å². The molecule has 0 aromatic heterocycles. The standard InChI is InChI=1S/C6H14O.2CH4/c1-5(2)6(3)7-4;;/h5-6H,1-4H3;2*1H4. The van der Waals surface area contributed by atoms with Crippen LogP contribution in [0.2, 0.25) is 0 Å². The largest absolute Gasteiger partial charge is 0.381 e. The lowest BCUT2D eigenvalue weighted by Crippen LogP contribution is -2.11. The number of methoxy groups -OCH3 is 1. The Bertz CT molecular complexity index is 41.8. The zero-order valence-electron chi connectivity index (χ0n) is 5.56. The Kier molecular flexibility index (Phi) is 14.1. The molecule has 1 unspecified atom stereocenters. The Balaban J connectivity index is -0.000000180. The first-order chi connectivity index (χ1) is 3.18. The molecule has 0 rings (SSSR count). The SMILES string of the molecule is C.C.COC(C)C(C)C. The molecule has 0 saturated heterocycles. The van der Waals surface area contributed by atoms with E-state index in [0.717, 1.165) is 0 Å². The first-order valence-electron chi connectivity index (χ1n) is 2.71. The number of hydrogen-bond acceptors (Lipinski definition) is 1. The lowest BCUT2D eigenvalue weighted by Gasteiger charge is -2.11. The van der Waals surface area contributed by atoms with Gasteiger partial charge in [-0.2, -0.15) is 0 Å². The average molecular weight is 134 g/mol. The van der Waals surface area contributed by atoms with Crippen LogP contribution in [0, 0.1) is 5.92 Å². The predicted octanol–water partition coefficient (Wildman–Crippen LogP) is 2.95. The van der Waals surface area contributed by atoms with Crippen molar-refractivity contribution in [2.45, 2.75) is 41.7 Å². The Morgan fingerprint density at radius 2 is 1.33 bits per heavy atom. The van der Waals surface area contributed by atoms with Gasteiger partial charge in [0, 0.05) is 7.11 Å². The zero-order valence-corrected chi connectivity index (χ0v) is 5.56. The molecular weight excluding hydrogens is 112 g/mol. The van der Waals surface area contributed by atoms with Gasteiger partial charge in [-0.05, 0) is 12.8 Å². The number of rotatable bonds is 2. The Labute approximate surface area is 60.4 Å². The van der Waals surface area contributed by atoms with Crippen LogP contribution in [0.1, 0.15) is 35.6 Å². The van der Waals surface area contributed by atoms with E-state index in [-0.39, 0.29) is 14.9 Å². The monoisotopic (exact) mass is 134 g/mol. The second-order valence-electron chi connectivity index (χ2n) is 2.18. The van der Waals surface area contributed by atoms with E-state index >= 15 is 0 Å². The van der Waals surface area contributed by atoms with E-state index in [2.05, 4.69) is 20.8 Å². The first kappa shape index (κ1) is 16.0. The summed E-state index contributed by atoms with van der Waals surface area (Å²) in [5, 5.41) is 0. The van der Waals surface area contributed by atoms with Gasteiger partial charge in [0.1, 0.15) is 0 Å². The van der Waals surface area contributed by atoms with Crippen LogP contribution < -0.4 is 0 Å². The second kappa shape index (κ2) is 7.96. The van der Waals surface area contributed by atoms with Gasteiger partial charge in [0.15, 0.2) is 0 Å². The Hall–Kier alpha value is -0.0400. The molecule has 1 heteroatoms. The van der Waals surface area contributed by atoms with Crippen LogP contribution in [0.4, 0.5) is 0 Å². The van der Waals surface area contributed by atoms with Crippen LogP contribution in [0.15, 0.2) is 0 Å². The van der Waals surface area contributed by atoms with Gasteiger partial charge in [-0.25, -0.2) is 0 Å². The highest BCUT2D eigenvalue weighted by Crippen LogP contribution is 2.01. The molecule has 9 heavy (non-hydrogen) atoms. The van der Waals surface area contributed by atoms with Crippen LogP contribution in [0.5, 0.6) is 0 Å². The minimum Gasteiger partial charge on any atom is -0.381 e. The fourth-order valence-corrected chi connectivity index (χ4v) is 0.272. The lowest BCUT2D eigenvalue weighted by molar-refractivity contribution is 0.0805. The summed E-state index contributed by atoms with van der Waals surface area (Å²) in [4.78, 5) is 0. The normalized spacial score (nSPS) is 11.7. The van der Waals surface area contributed by atoms with Crippen molar-refractivity contribution < 1.29 is 4.74 Å². The van der Waals surface area contributed by atoms with Crippen LogP contribution in [-0.4, -0.2) is 13.2 Å². The van der Waals surface area contributed by atoms with Gasteiger partial charge in [-0.15, -0.1) is 0 Å². The summed E-state index contributed by atoms with van der Waals surface area (Å²) < 4.78 is 5.01. The van der Waals surface area contributed by atoms with E-state index in [1.54, 1.807) is 7.11 Å². The van der Waals surface area contributed by atoms with Crippen LogP contribution >= 0.6 is 0 Å². The summed E-state index contributed by atoms with van der Waals surface area (Å²) in [5.74, 6) is 0.644. The molecule has 60 valence electrons. The van der Waals surface area contributed by atoms with Crippen molar-refractivity contribution in [2.24, 2.45) is 5.92 Å². The van der Waals surface area contributed by atoms with Crippen molar-refractivity contribution >= 4 is 0 Å². The van der Waals surface area contributed by atoms with E-state index in [9.17, 15) is 0 Å². The highest BCUT2D eigenvalue weighted by molar-refractivity contribution is 4.51. The molecular formula is C8H22O. The minimum absolute atomic E-state index is 0. The smallest absolute Gasteiger partial charge is 0.0566 e. The third-order valence-corrected chi connectivity index (χ3v) is 1.31. The summed E-state index contributed by atoms with van der Waals surface area (Å²) in [7, 11) is 1.74. The van der Waals surface area contributed by atoms with Crippen molar-refractivity contribution in [1.29, 1.82) is 0 Å². The minimum atomic E-state index is 0. The highest BCUT2D eigenvalue weighted by Gasteiger charge is 2.01. The third-order valence-electron chi connectivity index (χ3n) is 1.31. The van der Waals surface area contributed by atoms with Crippen LogP contribution in [-0.2, 0) is 4.74 Å². The first-order valence-corrected chi connectivity index (χ1v) is 2.71. The fourth-order valence-electron chi connectivity index (χ4n) is 0.272. The molecule has 0 aliphatic rings. The predicted molar refractivity (Wildman–Crippen MR) is 44.8 cm³/mol. The van der Waals surface area contributed by atoms with Gasteiger partial charge < -0.3 is 4.74 Å². The molecule has 0 saturated carbocycles. The van der Waals surface area contributed by atoms with Gasteiger partial charge >= 0.3 is 0 Å². The Morgan fingerprint density at radius 3 is 1.33 bits per heavy atom. The quantitative estimate of drug-likeness (QED) is 0.564. The molecule has 0 aliphatic carbocycles.